The second-order valence-corrected chi connectivity index (χ2v) is 2.81. The van der Waals surface area contributed by atoms with Crippen LogP contribution in [0.3, 0.4) is 0 Å². The first kappa shape index (κ1) is 10.5. The van der Waals surface area contributed by atoms with Crippen molar-refractivity contribution in [3.8, 4) is 11.8 Å². The van der Waals surface area contributed by atoms with Crippen LogP contribution in [0.5, 0.6) is 0 Å². The first-order chi connectivity index (χ1) is 6.64. The third-order valence-corrected chi connectivity index (χ3v) is 1.56. The van der Waals surface area contributed by atoms with E-state index in [2.05, 4.69) is 12.5 Å². The summed E-state index contributed by atoms with van der Waals surface area (Å²) in [5.74, 6) is 1.37. The maximum atomic E-state index is 12.9. The Morgan fingerprint density at radius 3 is 2.50 bits per heavy atom. The van der Waals surface area contributed by atoms with E-state index in [9.17, 15) is 8.78 Å². The highest BCUT2D eigenvalue weighted by Gasteiger charge is 2.22. The quantitative estimate of drug-likeness (QED) is 0.498. The van der Waals surface area contributed by atoms with Crippen LogP contribution in [-0.2, 0) is 0 Å². The van der Waals surface area contributed by atoms with E-state index in [4.69, 9.17) is 0 Å². The molecule has 0 atom stereocenters. The van der Waals surface area contributed by atoms with E-state index in [-0.39, 0.29) is 0 Å². The van der Waals surface area contributed by atoms with Gasteiger partial charge >= 0.3 is 5.92 Å². The molecule has 0 saturated carbocycles. The monoisotopic (exact) mass is 192 g/mol. The van der Waals surface area contributed by atoms with Gasteiger partial charge in [0.1, 0.15) is 0 Å². The fourth-order valence-electron chi connectivity index (χ4n) is 0.917. The Bertz CT molecular complexity index is 355. The number of hydrogen-bond donors (Lipinski definition) is 0. The molecule has 14 heavy (non-hydrogen) atoms. The molecule has 1 rings (SSSR count). The van der Waals surface area contributed by atoms with Gasteiger partial charge in [0.05, 0.1) is 0 Å². The van der Waals surface area contributed by atoms with Crippen LogP contribution < -0.4 is 0 Å². The van der Waals surface area contributed by atoms with Gasteiger partial charge in [0, 0.05) is 12.0 Å². The highest BCUT2D eigenvalue weighted by molar-refractivity contribution is 5.35. The van der Waals surface area contributed by atoms with E-state index in [0.29, 0.717) is 5.56 Å². The molecule has 0 unspecified atom stereocenters. The fourth-order valence-corrected chi connectivity index (χ4v) is 0.917. The average molecular weight is 192 g/mol. The van der Waals surface area contributed by atoms with E-state index in [1.54, 1.807) is 24.3 Å². The summed E-state index contributed by atoms with van der Waals surface area (Å²) >= 11 is 0. The highest BCUT2D eigenvalue weighted by atomic mass is 19.3. The van der Waals surface area contributed by atoms with Crippen molar-refractivity contribution >= 4 is 0 Å². The van der Waals surface area contributed by atoms with Gasteiger partial charge in [-0.1, -0.05) is 30.2 Å². The molecule has 0 aliphatic rings. The van der Waals surface area contributed by atoms with Crippen LogP contribution in [-0.4, -0.2) is 5.92 Å². The minimum Gasteiger partial charge on any atom is -0.192 e. The van der Waals surface area contributed by atoms with Crippen LogP contribution in [0.25, 0.3) is 0 Å². The molecule has 0 saturated heterocycles. The van der Waals surface area contributed by atoms with Crippen molar-refractivity contribution in [3.63, 3.8) is 0 Å². The molecular weight excluding hydrogens is 182 g/mol. The Morgan fingerprint density at radius 1 is 1.29 bits per heavy atom. The average Bonchev–Trinajstić information content (AvgIpc) is 2.17. The van der Waals surface area contributed by atoms with E-state index < -0.39 is 12.3 Å². The molecule has 0 radical (unpaired) electrons. The van der Waals surface area contributed by atoms with Crippen molar-refractivity contribution in [1.82, 2.24) is 0 Å². The minimum atomic E-state index is -2.97. The summed E-state index contributed by atoms with van der Waals surface area (Å²) in [5.41, 5.74) is 0.594. The third-order valence-electron chi connectivity index (χ3n) is 1.56. The smallest absolute Gasteiger partial charge is 0.192 e. The lowest BCUT2D eigenvalue weighted by atomic mass is 10.2. The molecule has 0 nitrogen and oxygen atoms in total. The van der Waals surface area contributed by atoms with Gasteiger partial charge in [-0.05, 0) is 18.1 Å². The Labute approximate surface area is 82.3 Å². The zero-order chi connectivity index (χ0) is 10.4. The molecule has 0 N–H and O–H groups in total. The molecule has 72 valence electrons. The van der Waals surface area contributed by atoms with Gasteiger partial charge in [0.15, 0.2) is 0 Å². The van der Waals surface area contributed by atoms with Gasteiger partial charge in [-0.15, -0.1) is 6.58 Å². The second-order valence-electron chi connectivity index (χ2n) is 2.81. The van der Waals surface area contributed by atoms with Crippen LogP contribution >= 0.6 is 0 Å². The van der Waals surface area contributed by atoms with Gasteiger partial charge in [0.25, 0.3) is 0 Å². The molecule has 0 aliphatic heterocycles. The van der Waals surface area contributed by atoms with Crippen LogP contribution in [0, 0.1) is 11.8 Å². The van der Waals surface area contributed by atoms with Crippen LogP contribution in [0.15, 0.2) is 43.0 Å². The van der Waals surface area contributed by atoms with Crippen molar-refractivity contribution in [3.05, 3.63) is 48.6 Å². The SMILES string of the molecule is C=CCC(F)(F)C#Cc1ccccc1. The van der Waals surface area contributed by atoms with Gasteiger partial charge in [-0.25, -0.2) is 0 Å². The molecule has 0 amide bonds. The second kappa shape index (κ2) is 4.57. The van der Waals surface area contributed by atoms with E-state index in [0.717, 1.165) is 0 Å². The molecule has 1 aromatic rings. The summed E-state index contributed by atoms with van der Waals surface area (Å²) in [4.78, 5) is 0. The fraction of sp³-hybridized carbons (Fsp3) is 0.167. The summed E-state index contributed by atoms with van der Waals surface area (Å²) in [6.07, 6.45) is 0.756. The van der Waals surface area contributed by atoms with Crippen LogP contribution in [0.4, 0.5) is 8.78 Å². The topological polar surface area (TPSA) is 0 Å². The van der Waals surface area contributed by atoms with E-state index >= 15 is 0 Å². The zero-order valence-electron chi connectivity index (χ0n) is 7.63. The molecule has 0 aliphatic carbocycles. The summed E-state index contributed by atoms with van der Waals surface area (Å²) < 4.78 is 25.7. The zero-order valence-corrected chi connectivity index (χ0v) is 7.63. The number of halogens is 2. The van der Waals surface area contributed by atoms with Gasteiger partial charge < -0.3 is 0 Å². The minimum absolute atomic E-state index is 0.410. The molecular formula is C12H10F2. The number of allylic oxidation sites excluding steroid dienone is 1. The Kier molecular flexibility index (Phi) is 3.41. The van der Waals surface area contributed by atoms with Gasteiger partial charge in [0.2, 0.25) is 0 Å². The lowest BCUT2D eigenvalue weighted by molar-refractivity contribution is 0.0702. The molecule has 2 heteroatoms. The summed E-state index contributed by atoms with van der Waals surface area (Å²) in [6.45, 7) is 3.25. The Morgan fingerprint density at radius 2 is 1.93 bits per heavy atom. The van der Waals surface area contributed by atoms with Gasteiger partial charge in [-0.3, -0.25) is 0 Å². The van der Waals surface area contributed by atoms with Crippen LogP contribution in [0.1, 0.15) is 12.0 Å². The lowest BCUT2D eigenvalue weighted by Gasteiger charge is -2.03. The third kappa shape index (κ3) is 3.40. The maximum absolute atomic E-state index is 12.9. The van der Waals surface area contributed by atoms with Crippen molar-refractivity contribution in [1.29, 1.82) is 0 Å². The van der Waals surface area contributed by atoms with E-state index in [1.165, 1.54) is 6.08 Å². The van der Waals surface area contributed by atoms with Crippen molar-refractivity contribution < 1.29 is 8.78 Å². The number of rotatable bonds is 2. The predicted molar refractivity (Wildman–Crippen MR) is 53.1 cm³/mol. The van der Waals surface area contributed by atoms with Crippen LogP contribution in [0.2, 0.25) is 0 Å². The first-order valence-corrected chi connectivity index (χ1v) is 4.21. The molecule has 0 heterocycles. The molecule has 1 aromatic carbocycles. The Balaban J connectivity index is 2.77. The summed E-state index contributed by atoms with van der Waals surface area (Å²) in [5, 5.41) is 0. The Hall–Kier alpha value is -1.62. The number of benzene rings is 1. The molecule has 0 aromatic heterocycles. The van der Waals surface area contributed by atoms with Crippen molar-refractivity contribution in [2.75, 3.05) is 0 Å². The summed E-state index contributed by atoms with van der Waals surface area (Å²) in [6, 6.07) is 8.71. The molecule has 0 fully saturated rings. The molecule has 0 bridgehead atoms. The standard InChI is InChI=1S/C12H10F2/c1-2-9-12(13,14)10-8-11-6-4-3-5-7-11/h2-7H,1,9H2. The maximum Gasteiger partial charge on any atom is 0.311 e. The normalized spacial score (nSPS) is 10.1. The predicted octanol–water partition coefficient (Wildman–Crippen LogP) is 3.25. The number of hydrogen-bond acceptors (Lipinski definition) is 0. The highest BCUT2D eigenvalue weighted by Crippen LogP contribution is 2.17. The van der Waals surface area contributed by atoms with Gasteiger partial charge in [-0.2, -0.15) is 8.78 Å². The largest absolute Gasteiger partial charge is 0.311 e. The summed E-state index contributed by atoms with van der Waals surface area (Å²) in [7, 11) is 0. The van der Waals surface area contributed by atoms with Crippen molar-refractivity contribution in [2.24, 2.45) is 0 Å². The lowest BCUT2D eigenvalue weighted by Crippen LogP contribution is -2.10. The molecule has 0 spiro atoms. The number of alkyl halides is 2. The van der Waals surface area contributed by atoms with E-state index in [1.807, 2.05) is 12.0 Å². The van der Waals surface area contributed by atoms with Crippen molar-refractivity contribution in [2.45, 2.75) is 12.3 Å². The first-order valence-electron chi connectivity index (χ1n) is 4.21.